The van der Waals surface area contributed by atoms with Crippen LogP contribution >= 0.6 is 11.3 Å². The van der Waals surface area contributed by atoms with Crippen LogP contribution in [0.2, 0.25) is 0 Å². The van der Waals surface area contributed by atoms with Crippen molar-refractivity contribution in [1.29, 1.82) is 5.26 Å². The van der Waals surface area contributed by atoms with Gasteiger partial charge in [0, 0.05) is 5.69 Å². The molecule has 1 aromatic heterocycles. The van der Waals surface area contributed by atoms with Crippen LogP contribution in [0.4, 0.5) is 15.6 Å². The highest BCUT2D eigenvalue weighted by molar-refractivity contribution is 7.22. The van der Waals surface area contributed by atoms with Gasteiger partial charge in [0.25, 0.3) is 0 Å². The maximum absolute atomic E-state index is 12.0. The summed E-state index contributed by atoms with van der Waals surface area (Å²) in [5.74, 6) is 0.741. The number of anilines is 2. The van der Waals surface area contributed by atoms with Crippen molar-refractivity contribution in [1.82, 2.24) is 4.98 Å². The van der Waals surface area contributed by atoms with Gasteiger partial charge in [0.1, 0.15) is 5.75 Å². The van der Waals surface area contributed by atoms with Crippen molar-refractivity contribution in [2.75, 3.05) is 17.7 Å². The van der Waals surface area contributed by atoms with Crippen molar-refractivity contribution in [3.05, 3.63) is 48.0 Å². The zero-order valence-corrected chi connectivity index (χ0v) is 13.0. The number of thiazole rings is 1. The first-order valence-electron chi connectivity index (χ1n) is 6.70. The fourth-order valence-electron chi connectivity index (χ4n) is 2.01. The standard InChI is InChI=1S/C16H12N4O2S/c1-22-12-5-6-13-14(8-12)23-16(19-13)20-15(21)18-11-4-2-3-10(7-11)9-17/h2-8H,1H3,(H2,18,19,20,21). The van der Waals surface area contributed by atoms with Gasteiger partial charge in [-0.1, -0.05) is 17.4 Å². The molecule has 0 saturated carbocycles. The summed E-state index contributed by atoms with van der Waals surface area (Å²) in [6, 6.07) is 13.8. The number of benzene rings is 2. The number of hydrogen-bond acceptors (Lipinski definition) is 5. The molecule has 0 radical (unpaired) electrons. The number of aromatic nitrogens is 1. The smallest absolute Gasteiger partial charge is 0.325 e. The number of methoxy groups -OCH3 is 1. The number of hydrogen-bond donors (Lipinski definition) is 2. The summed E-state index contributed by atoms with van der Waals surface area (Å²) in [7, 11) is 1.60. The van der Waals surface area contributed by atoms with Crippen LogP contribution < -0.4 is 15.4 Å². The second kappa shape index (κ2) is 6.34. The van der Waals surface area contributed by atoms with Crippen molar-refractivity contribution in [3.8, 4) is 11.8 Å². The fourth-order valence-corrected chi connectivity index (χ4v) is 2.90. The summed E-state index contributed by atoms with van der Waals surface area (Å²) in [4.78, 5) is 16.4. The summed E-state index contributed by atoms with van der Waals surface area (Å²) in [5, 5.41) is 14.7. The van der Waals surface area contributed by atoms with Gasteiger partial charge in [-0.05, 0) is 36.4 Å². The Kier molecular flexibility index (Phi) is 4.08. The molecule has 23 heavy (non-hydrogen) atoms. The van der Waals surface area contributed by atoms with E-state index in [9.17, 15) is 4.79 Å². The van der Waals surface area contributed by atoms with Crippen molar-refractivity contribution < 1.29 is 9.53 Å². The van der Waals surface area contributed by atoms with Gasteiger partial charge >= 0.3 is 6.03 Å². The van der Waals surface area contributed by atoms with E-state index in [2.05, 4.69) is 15.6 Å². The summed E-state index contributed by atoms with van der Waals surface area (Å²) >= 11 is 1.36. The first-order chi connectivity index (χ1) is 11.2. The van der Waals surface area contributed by atoms with E-state index in [1.165, 1.54) is 11.3 Å². The minimum Gasteiger partial charge on any atom is -0.497 e. The van der Waals surface area contributed by atoms with E-state index in [0.29, 0.717) is 16.4 Å². The van der Waals surface area contributed by atoms with E-state index in [1.807, 2.05) is 24.3 Å². The number of rotatable bonds is 3. The molecule has 2 amide bonds. The second-order valence-corrected chi connectivity index (χ2v) is 5.66. The van der Waals surface area contributed by atoms with E-state index in [0.717, 1.165) is 16.0 Å². The Morgan fingerprint density at radius 1 is 1.26 bits per heavy atom. The molecule has 3 aromatic rings. The maximum Gasteiger partial charge on any atom is 0.325 e. The largest absolute Gasteiger partial charge is 0.497 e. The molecule has 3 rings (SSSR count). The third kappa shape index (κ3) is 3.39. The molecular weight excluding hydrogens is 312 g/mol. The number of nitrogens with zero attached hydrogens (tertiary/aromatic N) is 2. The summed E-state index contributed by atoms with van der Waals surface area (Å²) in [6.45, 7) is 0. The van der Waals surface area contributed by atoms with Crippen LogP contribution in [-0.2, 0) is 0 Å². The Bertz CT molecular complexity index is 914. The highest BCUT2D eigenvalue weighted by Crippen LogP contribution is 2.29. The molecule has 0 bridgehead atoms. The molecule has 2 aromatic carbocycles. The van der Waals surface area contributed by atoms with E-state index < -0.39 is 6.03 Å². The Hall–Kier alpha value is -3.11. The number of fused-ring (bicyclic) bond motifs is 1. The van der Waals surface area contributed by atoms with Crippen molar-refractivity contribution in [3.63, 3.8) is 0 Å². The van der Waals surface area contributed by atoms with E-state index >= 15 is 0 Å². The Morgan fingerprint density at radius 3 is 2.91 bits per heavy atom. The van der Waals surface area contributed by atoms with Crippen LogP contribution in [0.15, 0.2) is 42.5 Å². The van der Waals surface area contributed by atoms with Crippen molar-refractivity contribution >= 4 is 38.4 Å². The molecule has 2 N–H and O–H groups in total. The van der Waals surface area contributed by atoms with Crippen LogP contribution in [0, 0.1) is 11.3 Å². The average Bonchev–Trinajstić information content (AvgIpc) is 2.95. The third-order valence-corrected chi connectivity index (χ3v) is 4.00. The van der Waals surface area contributed by atoms with Crippen LogP contribution in [0.5, 0.6) is 5.75 Å². The molecule has 0 aliphatic rings. The van der Waals surface area contributed by atoms with Crippen LogP contribution in [-0.4, -0.2) is 18.1 Å². The monoisotopic (exact) mass is 324 g/mol. The van der Waals surface area contributed by atoms with E-state index in [4.69, 9.17) is 10.00 Å². The van der Waals surface area contributed by atoms with Gasteiger partial charge in [-0.15, -0.1) is 0 Å². The molecule has 114 valence electrons. The summed E-state index contributed by atoms with van der Waals surface area (Å²) < 4.78 is 6.09. The fraction of sp³-hybridized carbons (Fsp3) is 0.0625. The Balaban J connectivity index is 1.73. The van der Waals surface area contributed by atoms with E-state index in [1.54, 1.807) is 31.4 Å². The molecule has 0 aliphatic heterocycles. The van der Waals surface area contributed by atoms with Gasteiger partial charge in [0.15, 0.2) is 5.13 Å². The lowest BCUT2D eigenvalue weighted by Crippen LogP contribution is -2.19. The number of urea groups is 1. The molecule has 0 fully saturated rings. The zero-order valence-electron chi connectivity index (χ0n) is 12.2. The molecule has 0 atom stereocenters. The maximum atomic E-state index is 12.0. The minimum atomic E-state index is -0.411. The molecule has 0 unspecified atom stereocenters. The van der Waals surface area contributed by atoms with Gasteiger partial charge in [0.2, 0.25) is 0 Å². The predicted octanol–water partition coefficient (Wildman–Crippen LogP) is 3.82. The van der Waals surface area contributed by atoms with Crippen LogP contribution in [0.3, 0.4) is 0 Å². The number of carbonyl (C=O) groups is 1. The van der Waals surface area contributed by atoms with Gasteiger partial charge in [-0.2, -0.15) is 5.26 Å². The second-order valence-electron chi connectivity index (χ2n) is 4.62. The van der Waals surface area contributed by atoms with E-state index in [-0.39, 0.29) is 0 Å². The number of amides is 2. The normalized spacial score (nSPS) is 10.1. The molecular formula is C16H12N4O2S. The number of nitrogens with one attached hydrogen (secondary N) is 2. The quantitative estimate of drug-likeness (QED) is 0.766. The third-order valence-electron chi connectivity index (χ3n) is 3.07. The lowest BCUT2D eigenvalue weighted by atomic mass is 10.2. The zero-order chi connectivity index (χ0) is 16.2. The summed E-state index contributed by atoms with van der Waals surface area (Å²) in [6.07, 6.45) is 0. The molecule has 1 heterocycles. The molecule has 0 aliphatic carbocycles. The molecule has 6 nitrogen and oxygen atoms in total. The Labute approximate surface area is 136 Å². The minimum absolute atomic E-state index is 0.411. The first kappa shape index (κ1) is 14.8. The lowest BCUT2D eigenvalue weighted by Gasteiger charge is -2.05. The average molecular weight is 324 g/mol. The molecule has 0 spiro atoms. The SMILES string of the molecule is COc1ccc2nc(NC(=O)Nc3cccc(C#N)c3)sc2c1. The highest BCUT2D eigenvalue weighted by atomic mass is 32.1. The number of carbonyl (C=O) groups excluding carboxylic acids is 1. The van der Waals surface area contributed by atoms with Gasteiger partial charge in [-0.3, -0.25) is 5.32 Å². The van der Waals surface area contributed by atoms with Crippen molar-refractivity contribution in [2.45, 2.75) is 0 Å². The van der Waals surface area contributed by atoms with Gasteiger partial charge < -0.3 is 10.1 Å². The number of ether oxygens (including phenoxy) is 1. The molecule has 7 heteroatoms. The molecule has 0 saturated heterocycles. The predicted molar refractivity (Wildman–Crippen MR) is 90.0 cm³/mol. The lowest BCUT2D eigenvalue weighted by molar-refractivity contribution is 0.262. The van der Waals surface area contributed by atoms with Gasteiger partial charge in [0.05, 0.1) is 29.0 Å². The Morgan fingerprint density at radius 2 is 2.13 bits per heavy atom. The highest BCUT2D eigenvalue weighted by Gasteiger charge is 2.09. The summed E-state index contributed by atoms with van der Waals surface area (Å²) in [5.41, 5.74) is 1.82. The van der Waals surface area contributed by atoms with Crippen LogP contribution in [0.1, 0.15) is 5.56 Å². The van der Waals surface area contributed by atoms with Crippen LogP contribution in [0.25, 0.3) is 10.2 Å². The first-order valence-corrected chi connectivity index (χ1v) is 7.52. The van der Waals surface area contributed by atoms with Gasteiger partial charge in [-0.25, -0.2) is 9.78 Å². The number of nitriles is 1. The topological polar surface area (TPSA) is 87.0 Å². The van der Waals surface area contributed by atoms with Crippen molar-refractivity contribution in [2.24, 2.45) is 0 Å².